The van der Waals surface area contributed by atoms with E-state index in [1.807, 2.05) is 12.1 Å². The molecule has 0 amide bonds. The zero-order valence-corrected chi connectivity index (χ0v) is 76.2. The van der Waals surface area contributed by atoms with E-state index < -0.39 is 74.3 Å². The summed E-state index contributed by atoms with van der Waals surface area (Å²) in [5, 5.41) is 90.3. The molecule has 6 aromatic rings. The fourth-order valence-corrected chi connectivity index (χ4v) is 36.1. The summed E-state index contributed by atoms with van der Waals surface area (Å²) >= 11 is 0. The number of benzene rings is 6. The molecule has 16 nitrogen and oxygen atoms in total. The van der Waals surface area contributed by atoms with E-state index in [1.54, 1.807) is 60.7 Å². The molecule has 0 aliphatic heterocycles. The number of rotatable bonds is 18. The monoisotopic (exact) mass is 1830 g/mol. The normalized spacial score (nSPS) is 41.8. The highest BCUT2D eigenvalue weighted by molar-refractivity contribution is 5.89. The van der Waals surface area contributed by atoms with Crippen molar-refractivity contribution in [2.75, 3.05) is 0 Å². The van der Waals surface area contributed by atoms with E-state index in [0.717, 1.165) is 167 Å². The average Bonchev–Trinajstić information content (AvgIpc) is 0.690. The Hall–Kier alpha value is -8.99. The Morgan fingerprint density at radius 1 is 0.286 bits per heavy atom. The molecule has 0 spiro atoms. The van der Waals surface area contributed by atoms with Crippen LogP contribution in [0.5, 0.6) is 0 Å². The van der Waals surface area contributed by atoms with Crippen molar-refractivity contribution >= 4 is 41.6 Å². The maximum absolute atomic E-state index is 13.4. The van der Waals surface area contributed by atoms with Gasteiger partial charge in [-0.15, -0.1) is 0 Å². The minimum atomic E-state index is -0.960. The first-order valence-electron chi connectivity index (χ1n) is 49.3. The van der Waals surface area contributed by atoms with Crippen LogP contribution in [-0.2, 0) is 66.1 Å². The van der Waals surface area contributed by atoms with E-state index in [9.17, 15) is 106 Å². The van der Waals surface area contributed by atoms with Gasteiger partial charge in [0.15, 0.2) is 0 Å². The summed E-state index contributed by atoms with van der Waals surface area (Å²) in [6.07, 6.45) is 27.1. The van der Waals surface area contributed by atoms with Crippen molar-refractivity contribution < 1.29 is 106 Å². The van der Waals surface area contributed by atoms with Crippen molar-refractivity contribution in [3.05, 3.63) is 226 Å². The number of carbonyl (C=O) groups excluding carboxylic acids is 1. The van der Waals surface area contributed by atoms with Crippen LogP contribution in [-0.4, -0.2) is 104 Å². The van der Waals surface area contributed by atoms with Gasteiger partial charge < -0.3 is 46.0 Å². The molecule has 19 atom stereocenters. The van der Waals surface area contributed by atoms with Gasteiger partial charge in [-0.1, -0.05) is 98.8 Å². The molecule has 0 heterocycles. The van der Waals surface area contributed by atoms with E-state index in [2.05, 4.69) is 20.4 Å². The smallest absolute Gasteiger partial charge is 0.304 e. The zero-order valence-electron chi connectivity index (χ0n) is 76.2. The highest BCUT2D eigenvalue weighted by atomic mass is 19.1. The van der Waals surface area contributed by atoms with Gasteiger partial charge in [0.25, 0.3) is 0 Å². The lowest BCUT2D eigenvalue weighted by molar-refractivity contribution is -0.199. The van der Waals surface area contributed by atoms with E-state index in [-0.39, 0.29) is 149 Å². The van der Waals surface area contributed by atoms with Gasteiger partial charge in [0.1, 0.15) is 40.7 Å². The van der Waals surface area contributed by atoms with Gasteiger partial charge >= 0.3 is 35.8 Å². The fraction of sp³-hybridized carbons (Fsp3) is 0.595. The van der Waals surface area contributed by atoms with Gasteiger partial charge in [0, 0.05) is 44.3 Å². The number of hydrogen-bond donors (Lipinski definition) is 9. The zero-order chi connectivity index (χ0) is 94.0. The average molecular weight is 1830 g/mol. The lowest BCUT2D eigenvalue weighted by atomic mass is 9.38. The predicted octanol–water partition coefficient (Wildman–Crippen LogP) is 21.4. The number of carboxylic acid groups (broad SMARTS) is 6. The Morgan fingerprint density at radius 3 is 0.947 bits per heavy atom. The number of Topliss-reactive ketones (excluding diaryl/α,β-unsaturated/α-hetero) is 1. The SMILES string of the molecule is C=C1C2CC3CC(C2)[C@@](CC(=O)O)(c2ccc(F)cc2)C1C3.CC12CC3CC(C1)C(CC(=O)O)(c1ccc(F)cc1)C(C3)C2.CC12CC3CC(O)(CC(C1)C3(CC(=O)O)c1ccc(F)cc1)C2.O=C(O)CC1(c2ccc(F)cc2)C2CC3CC1CC(O)(C3)C2.O=C(O)C[C@@]1(c2ccc(F)cc2)C2CC3CC(C2)CC1(O)C3.O=C(O)C[C@]1(c2ccc(F)cc2)C2CC3CC(C2)C(=O)C1C3. The highest BCUT2D eigenvalue weighted by Gasteiger charge is 2.71. The summed E-state index contributed by atoms with van der Waals surface area (Å²) in [5.41, 5.74) is 2.13. The highest BCUT2D eigenvalue weighted by Crippen LogP contribution is 2.74. The lowest BCUT2D eigenvalue weighted by Gasteiger charge is -2.67. The second-order valence-electron chi connectivity index (χ2n) is 46.8. The fourth-order valence-electron chi connectivity index (χ4n) is 36.1. The Labute approximate surface area is 774 Å². The van der Waals surface area contributed by atoms with Crippen LogP contribution in [0.2, 0.25) is 0 Å². The summed E-state index contributed by atoms with van der Waals surface area (Å²) in [6, 6.07) is 38.2. The third kappa shape index (κ3) is 16.1. The minimum absolute atomic E-state index is 0.0286. The molecule has 24 saturated carbocycles. The Bertz CT molecular complexity index is 5180. The summed E-state index contributed by atoms with van der Waals surface area (Å²) in [7, 11) is 0. The lowest BCUT2D eigenvalue weighted by Crippen LogP contribution is -2.67. The molecule has 24 fully saturated rings. The van der Waals surface area contributed by atoms with Crippen LogP contribution in [0.15, 0.2) is 158 Å². The molecular formula is C111H128F6O16. The van der Waals surface area contributed by atoms with Gasteiger partial charge in [-0.3, -0.25) is 33.6 Å². The number of aliphatic carboxylic acids is 6. The molecule has 0 radical (unpaired) electrons. The van der Waals surface area contributed by atoms with Crippen LogP contribution in [0.4, 0.5) is 26.3 Å². The van der Waals surface area contributed by atoms with Crippen LogP contribution in [0.25, 0.3) is 0 Å². The van der Waals surface area contributed by atoms with Crippen molar-refractivity contribution in [2.45, 2.75) is 281 Å². The third-order valence-corrected chi connectivity index (χ3v) is 39.3. The molecule has 133 heavy (non-hydrogen) atoms. The van der Waals surface area contributed by atoms with Crippen LogP contribution in [0, 0.1) is 158 Å². The first kappa shape index (κ1) is 93.0. The second kappa shape index (κ2) is 34.0. The van der Waals surface area contributed by atoms with Crippen LogP contribution < -0.4 is 0 Å². The van der Waals surface area contributed by atoms with Gasteiger partial charge in [-0.05, 0) is 397 Å². The summed E-state index contributed by atoms with van der Waals surface area (Å²) in [5.74, 6) is 0.349. The molecule has 6 aromatic carbocycles. The molecule has 30 rings (SSSR count). The summed E-state index contributed by atoms with van der Waals surface area (Å²) in [6.45, 7) is 8.94. The van der Waals surface area contributed by atoms with Crippen LogP contribution >= 0.6 is 0 Å². The molecule has 24 bridgehead atoms. The van der Waals surface area contributed by atoms with E-state index in [4.69, 9.17) is 0 Å². The van der Waals surface area contributed by atoms with Gasteiger partial charge in [-0.25, -0.2) is 26.3 Å². The molecule has 22 heteroatoms. The predicted molar refractivity (Wildman–Crippen MR) is 483 cm³/mol. The van der Waals surface area contributed by atoms with Crippen molar-refractivity contribution in [3.8, 4) is 0 Å². The number of halogens is 6. The number of ketones is 1. The maximum atomic E-state index is 13.4. The van der Waals surface area contributed by atoms with Gasteiger partial charge in [-0.2, -0.15) is 0 Å². The van der Waals surface area contributed by atoms with Crippen molar-refractivity contribution in [3.63, 3.8) is 0 Å². The molecule has 9 N–H and O–H groups in total. The molecular weight excluding hydrogens is 1700 g/mol. The standard InChI is InChI=1S/C19H23FO3.C19H23FO2.C19H21FO2.2C18H21FO3.C18H19FO3/c1-17-6-13-8-18(23,11-17)9-14(7-17)19(13,10-16(21)22)12-2-4-15(20)5-3-12;1-18-8-12-6-14(9-18)19(11-17(21)22,15(7-12)10-18)13-2-4-16(20)5-3-13;1-11-13-6-12-7-15(9-13)19(10-18(21)22,17(11)8-12)14-2-4-16(20)5-3-14;19-15-3-1-13(2-4-15)18(10-16(20)21)14-6-11-5-12(7-14)9-17(18,22)8-11;19-15-3-1-12(2-4-15)18(10-16(20)21)13-5-11-6-14(18)9-17(22,7-11)8-13;19-14-3-1-12(2-4-14)18(9-16(20)21)13-6-10-5-11(8-13)17(22)15(18)7-10/h2-5,13-14,23H,6-11H2,1H3,(H,21,22);2-5,12,14-15H,6-11H2,1H3,(H,21,22);2-5,12-13,15,17H,1,6-10H2,(H,21,22);1-4,11-12,14,22H,5-10H2,(H,20,21);1-4,11,13-14,22H,5-10H2,(H,20,21);1-4,10-11,13,15H,5-9H2,(H,20,21)/t;;12?,13?,15?,17?,19-;11?,12?,14?,17?,18-;;10?,11?,13?,15?,18-/m..11.0/s1. The number of aliphatic hydroxyl groups is 3. The van der Waals surface area contributed by atoms with Crippen LogP contribution in [0.3, 0.4) is 0 Å². The number of hydrogen-bond acceptors (Lipinski definition) is 10. The van der Waals surface area contributed by atoms with E-state index in [0.29, 0.717) is 91.3 Å². The summed E-state index contributed by atoms with van der Waals surface area (Å²) < 4.78 is 80.0. The topological polar surface area (TPSA) is 302 Å². The second-order valence-corrected chi connectivity index (χ2v) is 46.8. The van der Waals surface area contributed by atoms with Gasteiger partial charge in [0.2, 0.25) is 0 Å². The van der Waals surface area contributed by atoms with Crippen molar-refractivity contribution in [2.24, 2.45) is 123 Å². The minimum Gasteiger partial charge on any atom is -0.481 e. The molecule has 24 aliphatic carbocycles. The molecule has 16 unspecified atom stereocenters. The van der Waals surface area contributed by atoms with Crippen molar-refractivity contribution in [1.29, 1.82) is 0 Å². The number of allylic oxidation sites excluding steroid dienone is 1. The molecule has 24 aliphatic rings. The molecule has 0 saturated heterocycles. The Morgan fingerprint density at radius 2 is 0.579 bits per heavy atom. The van der Waals surface area contributed by atoms with E-state index >= 15 is 0 Å². The molecule has 710 valence electrons. The van der Waals surface area contributed by atoms with Crippen LogP contribution in [0.1, 0.15) is 266 Å². The quantitative estimate of drug-likeness (QED) is 0.0285. The Kier molecular flexibility index (Phi) is 23.8. The third-order valence-electron chi connectivity index (χ3n) is 39.3. The van der Waals surface area contributed by atoms with E-state index in [1.165, 1.54) is 97.6 Å². The number of carbonyl (C=O) groups is 7. The Balaban J connectivity index is 0.000000103. The first-order chi connectivity index (χ1) is 63.0. The molecule has 0 aromatic heterocycles. The first-order valence-corrected chi connectivity index (χ1v) is 49.3. The largest absolute Gasteiger partial charge is 0.481 e. The van der Waals surface area contributed by atoms with Crippen molar-refractivity contribution in [1.82, 2.24) is 0 Å². The maximum Gasteiger partial charge on any atom is 0.304 e. The van der Waals surface area contributed by atoms with Gasteiger partial charge in [0.05, 0.1) is 55.3 Å². The number of carboxylic acids is 6. The summed E-state index contributed by atoms with van der Waals surface area (Å²) in [4.78, 5) is 82.4.